The van der Waals surface area contributed by atoms with Crippen molar-refractivity contribution in [3.8, 4) is 0 Å². The number of nitrogens with zero attached hydrogens (tertiary/aromatic N) is 3. The Hall–Kier alpha value is -1.60. The molecule has 1 fully saturated rings. The van der Waals surface area contributed by atoms with Crippen molar-refractivity contribution < 1.29 is 9.59 Å². The molecule has 1 saturated heterocycles. The van der Waals surface area contributed by atoms with E-state index >= 15 is 0 Å². The lowest BCUT2D eigenvalue weighted by atomic mass is 10.1. The molecule has 1 aliphatic rings. The predicted octanol–water partition coefficient (Wildman–Crippen LogP) is 0.231. The highest BCUT2D eigenvalue weighted by molar-refractivity contribution is 5.85. The molecule has 0 aliphatic carbocycles. The predicted molar refractivity (Wildman–Crippen MR) is 85.7 cm³/mol. The quantitative estimate of drug-likeness (QED) is 0.810. The molecule has 0 radical (unpaired) electrons. The summed E-state index contributed by atoms with van der Waals surface area (Å²) in [6.45, 7) is 4.06. The van der Waals surface area contributed by atoms with E-state index < -0.39 is 0 Å². The van der Waals surface area contributed by atoms with Crippen LogP contribution in [0.5, 0.6) is 0 Å². The number of piperazine rings is 1. The summed E-state index contributed by atoms with van der Waals surface area (Å²) < 4.78 is 1.92. The molecule has 2 N–H and O–H groups in total. The van der Waals surface area contributed by atoms with Gasteiger partial charge >= 0.3 is 0 Å². The van der Waals surface area contributed by atoms with Crippen molar-refractivity contribution in [3.05, 3.63) is 18.2 Å². The minimum atomic E-state index is -0.0886. The number of hydrogen-bond donors (Lipinski definition) is 2. The molecular weight excluding hydrogens is 306 g/mol. The molecular formula is C14H24ClN5O2. The maximum Gasteiger partial charge on any atom is 0.242 e. The van der Waals surface area contributed by atoms with E-state index in [2.05, 4.69) is 15.6 Å². The van der Waals surface area contributed by atoms with Crippen LogP contribution in [0.2, 0.25) is 0 Å². The van der Waals surface area contributed by atoms with Crippen molar-refractivity contribution in [1.29, 1.82) is 0 Å². The Bertz CT molecular complexity index is 505. The molecule has 2 heterocycles. The highest BCUT2D eigenvalue weighted by atomic mass is 35.5. The maximum absolute atomic E-state index is 12.4. The van der Waals surface area contributed by atoms with Gasteiger partial charge in [0, 0.05) is 45.5 Å². The average Bonchev–Trinajstić information content (AvgIpc) is 2.91. The molecule has 22 heavy (non-hydrogen) atoms. The fraction of sp³-hybridized carbons (Fsp3) is 0.643. The van der Waals surface area contributed by atoms with E-state index in [-0.39, 0.29) is 36.8 Å². The van der Waals surface area contributed by atoms with Crippen molar-refractivity contribution in [2.75, 3.05) is 26.2 Å². The van der Waals surface area contributed by atoms with E-state index in [1.807, 2.05) is 24.7 Å². The van der Waals surface area contributed by atoms with Gasteiger partial charge in [-0.25, -0.2) is 4.98 Å². The number of aromatic nitrogens is 2. The van der Waals surface area contributed by atoms with Gasteiger partial charge in [0.15, 0.2) is 0 Å². The second-order valence-corrected chi connectivity index (χ2v) is 5.23. The zero-order valence-corrected chi connectivity index (χ0v) is 13.9. The number of aryl methyl sites for hydroxylation is 1. The van der Waals surface area contributed by atoms with Gasteiger partial charge in [-0.05, 0) is 6.42 Å². The molecule has 0 bridgehead atoms. The molecule has 1 unspecified atom stereocenters. The second-order valence-electron chi connectivity index (χ2n) is 5.23. The molecule has 1 aromatic heterocycles. The van der Waals surface area contributed by atoms with E-state index in [1.54, 1.807) is 11.1 Å². The first-order valence-electron chi connectivity index (χ1n) is 7.37. The smallest absolute Gasteiger partial charge is 0.242 e. The zero-order valence-electron chi connectivity index (χ0n) is 13.0. The summed E-state index contributed by atoms with van der Waals surface area (Å²) in [5, 5.41) is 5.97. The van der Waals surface area contributed by atoms with Crippen LogP contribution >= 0.6 is 12.4 Å². The largest absolute Gasteiger partial charge is 0.347 e. The summed E-state index contributed by atoms with van der Waals surface area (Å²) in [7, 11) is 1.92. The van der Waals surface area contributed by atoms with Crippen LogP contribution in [-0.4, -0.2) is 52.4 Å². The average molecular weight is 330 g/mol. The van der Waals surface area contributed by atoms with E-state index in [1.165, 1.54) is 0 Å². The van der Waals surface area contributed by atoms with Crippen LogP contribution in [0.1, 0.15) is 31.6 Å². The Morgan fingerprint density at radius 1 is 1.50 bits per heavy atom. The molecule has 2 amide bonds. The van der Waals surface area contributed by atoms with Crippen LogP contribution in [0.15, 0.2) is 12.4 Å². The first kappa shape index (κ1) is 18.4. The number of rotatable bonds is 5. The van der Waals surface area contributed by atoms with Crippen LogP contribution in [-0.2, 0) is 16.6 Å². The maximum atomic E-state index is 12.4. The van der Waals surface area contributed by atoms with Gasteiger partial charge in [-0.1, -0.05) is 6.92 Å². The third-order valence-electron chi connectivity index (χ3n) is 3.63. The normalized spacial score (nSPS) is 17.7. The Balaban J connectivity index is 0.00000242. The molecule has 124 valence electrons. The molecule has 1 aliphatic heterocycles. The number of carbonyl (C=O) groups is 2. The van der Waals surface area contributed by atoms with Crippen LogP contribution in [0.3, 0.4) is 0 Å². The van der Waals surface area contributed by atoms with Crippen LogP contribution < -0.4 is 10.6 Å². The highest BCUT2D eigenvalue weighted by Crippen LogP contribution is 2.20. The van der Waals surface area contributed by atoms with Crippen LogP contribution in [0, 0.1) is 0 Å². The van der Waals surface area contributed by atoms with Crippen molar-refractivity contribution in [3.63, 3.8) is 0 Å². The number of imidazole rings is 1. The first-order valence-corrected chi connectivity index (χ1v) is 7.37. The fourth-order valence-corrected chi connectivity index (χ4v) is 2.52. The highest BCUT2D eigenvalue weighted by Gasteiger charge is 2.30. The summed E-state index contributed by atoms with van der Waals surface area (Å²) in [5.41, 5.74) is 0. The summed E-state index contributed by atoms with van der Waals surface area (Å²) in [5.74, 6) is 0.721. The third-order valence-corrected chi connectivity index (χ3v) is 3.63. The molecule has 2 rings (SSSR count). The van der Waals surface area contributed by atoms with Crippen molar-refractivity contribution in [2.24, 2.45) is 7.05 Å². The van der Waals surface area contributed by atoms with Crippen molar-refractivity contribution in [2.45, 2.75) is 25.8 Å². The van der Waals surface area contributed by atoms with E-state index in [4.69, 9.17) is 0 Å². The minimum absolute atomic E-state index is 0. The lowest BCUT2D eigenvalue weighted by Gasteiger charge is -2.35. The van der Waals surface area contributed by atoms with Gasteiger partial charge in [-0.3, -0.25) is 9.59 Å². The van der Waals surface area contributed by atoms with Gasteiger partial charge in [-0.2, -0.15) is 0 Å². The molecule has 0 spiro atoms. The Morgan fingerprint density at radius 3 is 2.91 bits per heavy atom. The summed E-state index contributed by atoms with van der Waals surface area (Å²) >= 11 is 0. The summed E-state index contributed by atoms with van der Waals surface area (Å²) in [4.78, 5) is 30.0. The number of nitrogens with one attached hydrogen (secondary N) is 2. The number of carbonyl (C=O) groups excluding carboxylic acids is 2. The Kier molecular flexibility index (Phi) is 7.34. The lowest BCUT2D eigenvalue weighted by Crippen LogP contribution is -2.52. The topological polar surface area (TPSA) is 79.3 Å². The number of hydrogen-bond acceptors (Lipinski definition) is 4. The van der Waals surface area contributed by atoms with Crippen molar-refractivity contribution >= 4 is 24.2 Å². The van der Waals surface area contributed by atoms with E-state index in [9.17, 15) is 9.59 Å². The Labute approximate surface area is 136 Å². The van der Waals surface area contributed by atoms with E-state index in [0.717, 1.165) is 18.8 Å². The monoisotopic (exact) mass is 329 g/mol. The lowest BCUT2D eigenvalue weighted by molar-refractivity contribution is -0.135. The van der Waals surface area contributed by atoms with Gasteiger partial charge in [0.1, 0.15) is 11.9 Å². The molecule has 1 atom stereocenters. The number of amides is 2. The molecule has 0 saturated carbocycles. The van der Waals surface area contributed by atoms with Gasteiger partial charge in [0.2, 0.25) is 11.8 Å². The van der Waals surface area contributed by atoms with Gasteiger partial charge in [0.05, 0.1) is 6.54 Å². The minimum Gasteiger partial charge on any atom is -0.347 e. The summed E-state index contributed by atoms with van der Waals surface area (Å²) in [6.07, 6.45) is 4.84. The number of halogens is 1. The van der Waals surface area contributed by atoms with Gasteiger partial charge in [-0.15, -0.1) is 12.4 Å². The standard InChI is InChI=1S/C14H23N5O2.ClH/c1-3-4-12(20)17-10-13(21)19-8-5-15-9-11(19)14-16-6-7-18(14)2;/h6-7,11,15H,3-5,8-10H2,1-2H3,(H,17,20);1H. The SMILES string of the molecule is CCCC(=O)NCC(=O)N1CCNCC1c1nccn1C.Cl. The molecule has 7 nitrogen and oxygen atoms in total. The van der Waals surface area contributed by atoms with Gasteiger partial charge in [0.25, 0.3) is 0 Å². The molecule has 8 heteroatoms. The van der Waals surface area contributed by atoms with Crippen LogP contribution in [0.4, 0.5) is 0 Å². The van der Waals surface area contributed by atoms with Crippen molar-refractivity contribution in [1.82, 2.24) is 25.1 Å². The first-order chi connectivity index (χ1) is 10.1. The van der Waals surface area contributed by atoms with E-state index in [0.29, 0.717) is 19.5 Å². The van der Waals surface area contributed by atoms with Crippen LogP contribution in [0.25, 0.3) is 0 Å². The molecule has 0 aromatic carbocycles. The molecule has 1 aromatic rings. The second kappa shape index (κ2) is 8.75. The third kappa shape index (κ3) is 4.45. The van der Waals surface area contributed by atoms with Gasteiger partial charge < -0.3 is 20.1 Å². The zero-order chi connectivity index (χ0) is 15.2. The fourth-order valence-electron chi connectivity index (χ4n) is 2.52. The summed E-state index contributed by atoms with van der Waals surface area (Å²) in [6, 6.07) is -0.0886. The Morgan fingerprint density at radius 2 is 2.27 bits per heavy atom.